The molecule has 0 heterocycles. The van der Waals surface area contributed by atoms with Crippen molar-refractivity contribution in [2.75, 3.05) is 11.9 Å². The van der Waals surface area contributed by atoms with Crippen molar-refractivity contribution in [3.8, 4) is 0 Å². The van der Waals surface area contributed by atoms with Gasteiger partial charge in [-0.25, -0.2) is 0 Å². The van der Waals surface area contributed by atoms with E-state index in [0.29, 0.717) is 0 Å². The molecular weight excluding hydrogens is 238 g/mol. The molecule has 1 aromatic carbocycles. The number of benzene rings is 1. The van der Waals surface area contributed by atoms with E-state index in [9.17, 15) is 4.79 Å². The summed E-state index contributed by atoms with van der Waals surface area (Å²) in [5.74, 6) is -0.115. The number of hydrogen-bond acceptors (Lipinski definition) is 2. The first-order chi connectivity index (χ1) is 8.90. The van der Waals surface area contributed by atoms with Crippen molar-refractivity contribution in [3.05, 3.63) is 29.8 Å². The quantitative estimate of drug-likeness (QED) is 0.848. The number of ether oxygens (including phenoxy) is 1. The zero-order valence-corrected chi connectivity index (χ0v) is 12.5. The first kappa shape index (κ1) is 15.7. The van der Waals surface area contributed by atoms with E-state index in [1.165, 1.54) is 18.4 Å². The molecule has 1 rings (SSSR count). The molecule has 0 aliphatic carbocycles. The number of aryl methyl sites for hydroxylation is 1. The van der Waals surface area contributed by atoms with Crippen LogP contribution in [0.3, 0.4) is 0 Å². The standard InChI is InChI=1S/C16H25NO2/c1-5-6-7-13-8-10-14(11-9-13)17-15(18)12-19-16(2,3)4/h8-11H,5-7,12H2,1-4H3,(H,17,18). The molecule has 0 spiro atoms. The van der Waals surface area contributed by atoms with E-state index in [0.717, 1.165) is 12.1 Å². The third-order valence-electron chi connectivity index (χ3n) is 2.69. The van der Waals surface area contributed by atoms with Gasteiger partial charge in [-0.2, -0.15) is 0 Å². The minimum absolute atomic E-state index is 0.0844. The Balaban J connectivity index is 2.42. The molecule has 0 aliphatic rings. The van der Waals surface area contributed by atoms with Gasteiger partial charge in [-0.05, 0) is 51.3 Å². The Bertz CT molecular complexity index is 390. The second kappa shape index (κ2) is 7.29. The van der Waals surface area contributed by atoms with Crippen LogP contribution in [0.25, 0.3) is 0 Å². The van der Waals surface area contributed by atoms with Crippen LogP contribution < -0.4 is 5.32 Å². The van der Waals surface area contributed by atoms with Crippen molar-refractivity contribution >= 4 is 11.6 Å². The van der Waals surface area contributed by atoms with Gasteiger partial charge in [0.2, 0.25) is 5.91 Å². The Hall–Kier alpha value is -1.35. The molecule has 1 N–H and O–H groups in total. The van der Waals surface area contributed by atoms with Crippen molar-refractivity contribution in [3.63, 3.8) is 0 Å². The molecule has 3 heteroatoms. The van der Waals surface area contributed by atoms with Crippen molar-refractivity contribution < 1.29 is 9.53 Å². The predicted molar refractivity (Wildman–Crippen MR) is 79.4 cm³/mol. The second-order valence-corrected chi connectivity index (χ2v) is 5.75. The molecule has 0 bridgehead atoms. The van der Waals surface area contributed by atoms with E-state index in [2.05, 4.69) is 24.4 Å². The van der Waals surface area contributed by atoms with Crippen LogP contribution >= 0.6 is 0 Å². The molecule has 0 aliphatic heterocycles. The Morgan fingerprint density at radius 3 is 2.37 bits per heavy atom. The lowest BCUT2D eigenvalue weighted by Crippen LogP contribution is -2.27. The molecule has 106 valence electrons. The average Bonchev–Trinajstić information content (AvgIpc) is 2.35. The summed E-state index contributed by atoms with van der Waals surface area (Å²) in [5, 5.41) is 2.83. The van der Waals surface area contributed by atoms with E-state index >= 15 is 0 Å². The minimum Gasteiger partial charge on any atom is -0.366 e. The molecule has 1 amide bonds. The van der Waals surface area contributed by atoms with Crippen LogP contribution in [0.4, 0.5) is 5.69 Å². The molecule has 0 saturated heterocycles. The summed E-state index contributed by atoms with van der Waals surface area (Å²) in [7, 11) is 0. The molecular formula is C16H25NO2. The predicted octanol–water partition coefficient (Wildman–Crippen LogP) is 3.78. The van der Waals surface area contributed by atoms with Crippen LogP contribution in [0, 0.1) is 0 Å². The van der Waals surface area contributed by atoms with E-state index in [1.807, 2.05) is 32.9 Å². The van der Waals surface area contributed by atoms with Gasteiger partial charge < -0.3 is 10.1 Å². The normalized spacial score (nSPS) is 11.4. The Labute approximate surface area is 116 Å². The highest BCUT2D eigenvalue weighted by Gasteiger charge is 2.12. The third kappa shape index (κ3) is 6.97. The molecule has 1 aromatic rings. The summed E-state index contributed by atoms with van der Waals surface area (Å²) < 4.78 is 5.43. The number of carbonyl (C=O) groups excluding carboxylic acids is 1. The Morgan fingerprint density at radius 1 is 1.21 bits per heavy atom. The third-order valence-corrected chi connectivity index (χ3v) is 2.69. The molecule has 0 aromatic heterocycles. The van der Waals surface area contributed by atoms with Crippen LogP contribution in [-0.2, 0) is 16.0 Å². The zero-order valence-electron chi connectivity index (χ0n) is 12.5. The fourth-order valence-corrected chi connectivity index (χ4v) is 1.61. The maximum Gasteiger partial charge on any atom is 0.250 e. The van der Waals surface area contributed by atoms with Crippen LogP contribution in [-0.4, -0.2) is 18.1 Å². The smallest absolute Gasteiger partial charge is 0.250 e. The Kier molecular flexibility index (Phi) is 6.03. The molecule has 0 unspecified atom stereocenters. The minimum atomic E-state index is -0.290. The van der Waals surface area contributed by atoms with Crippen LogP contribution in [0.2, 0.25) is 0 Å². The van der Waals surface area contributed by atoms with Gasteiger partial charge in [0.15, 0.2) is 0 Å². The summed E-state index contributed by atoms with van der Waals surface area (Å²) >= 11 is 0. The summed E-state index contributed by atoms with van der Waals surface area (Å²) in [6, 6.07) is 8.02. The van der Waals surface area contributed by atoms with Crippen LogP contribution in [0.15, 0.2) is 24.3 Å². The highest BCUT2D eigenvalue weighted by atomic mass is 16.5. The second-order valence-electron chi connectivity index (χ2n) is 5.75. The number of rotatable bonds is 6. The maximum atomic E-state index is 11.7. The van der Waals surface area contributed by atoms with E-state index in [-0.39, 0.29) is 18.1 Å². The van der Waals surface area contributed by atoms with E-state index < -0.39 is 0 Å². The maximum absolute atomic E-state index is 11.7. The lowest BCUT2D eigenvalue weighted by Gasteiger charge is -2.19. The first-order valence-corrected chi connectivity index (χ1v) is 6.93. The highest BCUT2D eigenvalue weighted by Crippen LogP contribution is 2.12. The number of hydrogen-bond donors (Lipinski definition) is 1. The fourth-order valence-electron chi connectivity index (χ4n) is 1.61. The van der Waals surface area contributed by atoms with Gasteiger partial charge in [0, 0.05) is 5.69 Å². The molecule has 0 fully saturated rings. The lowest BCUT2D eigenvalue weighted by atomic mass is 10.1. The fraction of sp³-hybridized carbons (Fsp3) is 0.562. The van der Waals surface area contributed by atoms with Crippen molar-refractivity contribution in [1.29, 1.82) is 0 Å². The largest absolute Gasteiger partial charge is 0.366 e. The summed E-state index contributed by atoms with van der Waals surface area (Å²) in [4.78, 5) is 11.7. The van der Waals surface area contributed by atoms with Gasteiger partial charge in [-0.1, -0.05) is 25.5 Å². The average molecular weight is 263 g/mol. The number of amides is 1. The molecule has 0 saturated carbocycles. The highest BCUT2D eigenvalue weighted by molar-refractivity contribution is 5.91. The number of nitrogens with one attached hydrogen (secondary N) is 1. The van der Waals surface area contributed by atoms with Crippen LogP contribution in [0.5, 0.6) is 0 Å². The zero-order chi connectivity index (χ0) is 14.3. The molecule has 3 nitrogen and oxygen atoms in total. The van der Waals surface area contributed by atoms with Gasteiger partial charge in [-0.15, -0.1) is 0 Å². The number of carbonyl (C=O) groups is 1. The number of anilines is 1. The monoisotopic (exact) mass is 263 g/mol. The van der Waals surface area contributed by atoms with Crippen molar-refractivity contribution in [2.45, 2.75) is 52.6 Å². The summed E-state index contributed by atoms with van der Waals surface area (Å²) in [6.07, 6.45) is 3.49. The Morgan fingerprint density at radius 2 is 1.84 bits per heavy atom. The van der Waals surface area contributed by atoms with E-state index in [1.54, 1.807) is 0 Å². The van der Waals surface area contributed by atoms with Gasteiger partial charge in [0.25, 0.3) is 0 Å². The SMILES string of the molecule is CCCCc1ccc(NC(=O)COC(C)(C)C)cc1. The molecule has 0 radical (unpaired) electrons. The van der Waals surface area contributed by atoms with Gasteiger partial charge in [0.1, 0.15) is 6.61 Å². The molecule has 0 atom stereocenters. The number of unbranched alkanes of at least 4 members (excludes halogenated alkanes) is 1. The lowest BCUT2D eigenvalue weighted by molar-refractivity contribution is -0.125. The van der Waals surface area contributed by atoms with Crippen molar-refractivity contribution in [2.24, 2.45) is 0 Å². The van der Waals surface area contributed by atoms with Crippen molar-refractivity contribution in [1.82, 2.24) is 0 Å². The topological polar surface area (TPSA) is 38.3 Å². The summed E-state index contributed by atoms with van der Waals surface area (Å²) in [5.41, 5.74) is 1.84. The van der Waals surface area contributed by atoms with Gasteiger partial charge in [0.05, 0.1) is 5.60 Å². The van der Waals surface area contributed by atoms with Gasteiger partial charge in [-0.3, -0.25) is 4.79 Å². The van der Waals surface area contributed by atoms with Gasteiger partial charge >= 0.3 is 0 Å². The first-order valence-electron chi connectivity index (χ1n) is 6.93. The van der Waals surface area contributed by atoms with Crippen LogP contribution in [0.1, 0.15) is 46.1 Å². The van der Waals surface area contributed by atoms with E-state index in [4.69, 9.17) is 4.74 Å². The summed E-state index contributed by atoms with van der Waals surface area (Å²) in [6.45, 7) is 8.07. The molecule has 19 heavy (non-hydrogen) atoms.